The number of hydrogen-bond donors (Lipinski definition) is 2. The van der Waals surface area contributed by atoms with Crippen molar-refractivity contribution in [3.63, 3.8) is 0 Å². The standard InChI is InChI=1S/C11H10N5Si/c1-12-9-10(17)16-11(14-9)13-8(15-16)7-5-3-2-4-6-7/h2-6H,1,12H2,(H,13,14,15). The number of H-pyrrole nitrogens is 1. The van der Waals surface area contributed by atoms with Gasteiger partial charge in [0.05, 0.1) is 5.32 Å². The highest BCUT2D eigenvalue weighted by atomic mass is 28.1. The maximum absolute atomic E-state index is 4.43. The van der Waals surface area contributed by atoms with Crippen molar-refractivity contribution < 1.29 is 5.32 Å². The van der Waals surface area contributed by atoms with Crippen molar-refractivity contribution in [2.24, 2.45) is 0 Å². The average molecular weight is 240 g/mol. The second-order valence-electron chi connectivity index (χ2n) is 3.62. The molecule has 2 heterocycles. The highest BCUT2D eigenvalue weighted by Gasteiger charge is 2.13. The number of quaternary nitrogens is 1. The molecule has 1 aromatic carbocycles. The molecule has 3 radical (unpaired) electrons. The van der Waals surface area contributed by atoms with Gasteiger partial charge in [-0.3, -0.25) is 5.10 Å². The van der Waals surface area contributed by atoms with Crippen LogP contribution in [0.25, 0.3) is 17.2 Å². The molecule has 3 aromatic rings. The molecule has 3 N–H and O–H groups in total. The van der Waals surface area contributed by atoms with E-state index in [9.17, 15) is 0 Å². The molecular weight excluding hydrogens is 230 g/mol. The van der Waals surface area contributed by atoms with Gasteiger partial charge in [-0.15, -0.1) is 7.05 Å². The van der Waals surface area contributed by atoms with E-state index in [0.717, 1.165) is 22.5 Å². The molecule has 83 valence electrons. The summed E-state index contributed by atoms with van der Waals surface area (Å²) in [6, 6.07) is 9.93. The van der Waals surface area contributed by atoms with Crippen LogP contribution in [0.3, 0.4) is 0 Å². The van der Waals surface area contributed by atoms with Crippen LogP contribution in [0, 0.1) is 7.05 Å². The van der Waals surface area contributed by atoms with Crippen molar-refractivity contribution in [2.45, 2.75) is 0 Å². The molecule has 0 unspecified atom stereocenters. The fraction of sp³-hybridized carbons (Fsp3) is 0. The number of benzene rings is 1. The van der Waals surface area contributed by atoms with E-state index >= 15 is 0 Å². The number of aromatic amines is 1. The van der Waals surface area contributed by atoms with E-state index in [1.54, 1.807) is 9.83 Å². The molecule has 5 nitrogen and oxygen atoms in total. The Labute approximate surface area is 101 Å². The summed E-state index contributed by atoms with van der Waals surface area (Å²) < 4.78 is 1.79. The molecule has 0 aliphatic heterocycles. The van der Waals surface area contributed by atoms with Gasteiger partial charge in [-0.05, 0) is 0 Å². The Morgan fingerprint density at radius 3 is 2.65 bits per heavy atom. The fourth-order valence-corrected chi connectivity index (χ4v) is 2.02. The van der Waals surface area contributed by atoms with Crippen molar-refractivity contribution in [3.05, 3.63) is 37.4 Å². The second-order valence-corrected chi connectivity index (χ2v) is 4.10. The van der Waals surface area contributed by atoms with Crippen LogP contribution in [-0.2, 0) is 0 Å². The zero-order chi connectivity index (χ0) is 11.8. The van der Waals surface area contributed by atoms with Gasteiger partial charge >= 0.3 is 0 Å². The Balaban J connectivity index is 2.15. The molecule has 0 aliphatic rings. The lowest BCUT2D eigenvalue weighted by molar-refractivity contribution is -0.507. The minimum absolute atomic E-state index is 0.628. The molecule has 0 saturated heterocycles. The number of rotatable bonds is 2. The summed E-state index contributed by atoms with van der Waals surface area (Å²) in [5.41, 5.74) is 1.03. The molecule has 6 heteroatoms. The molecule has 2 aromatic heterocycles. The number of imidazole rings is 1. The Bertz CT molecular complexity index is 655. The van der Waals surface area contributed by atoms with E-state index in [1.165, 1.54) is 0 Å². The first-order valence-electron chi connectivity index (χ1n) is 5.17. The maximum Gasteiger partial charge on any atom is 0.255 e. The van der Waals surface area contributed by atoms with Crippen LogP contribution in [0.5, 0.6) is 0 Å². The number of aromatic nitrogens is 4. The summed E-state index contributed by atoms with van der Waals surface area (Å²) in [5, 5.41) is 5.69. The zero-order valence-electron chi connectivity index (χ0n) is 9.01. The number of nitrogens with two attached hydrogens (primary N) is 1. The predicted molar refractivity (Wildman–Crippen MR) is 65.1 cm³/mol. The van der Waals surface area contributed by atoms with Crippen molar-refractivity contribution in [1.29, 1.82) is 0 Å². The third kappa shape index (κ3) is 1.58. The molecule has 0 aliphatic carbocycles. The van der Waals surface area contributed by atoms with E-state index in [4.69, 9.17) is 0 Å². The largest absolute Gasteiger partial charge is 0.428 e. The van der Waals surface area contributed by atoms with Gasteiger partial charge in [-0.2, -0.15) is 9.97 Å². The SMILES string of the molecule is [CH2-][NH2+]c1nc2nc(-c3ccccc3)[nH]n2c1[Si]. The topological polar surface area (TPSA) is 62.6 Å². The van der Waals surface area contributed by atoms with E-state index < -0.39 is 0 Å². The van der Waals surface area contributed by atoms with Crippen LogP contribution in [0.15, 0.2) is 30.3 Å². The smallest absolute Gasteiger partial charge is 0.255 e. The molecule has 0 saturated carbocycles. The first-order chi connectivity index (χ1) is 8.29. The minimum Gasteiger partial charge on any atom is -0.428 e. The molecule has 0 spiro atoms. The Kier molecular flexibility index (Phi) is 2.31. The van der Waals surface area contributed by atoms with Crippen LogP contribution in [0.2, 0.25) is 0 Å². The molecule has 17 heavy (non-hydrogen) atoms. The Morgan fingerprint density at radius 2 is 2.00 bits per heavy atom. The maximum atomic E-state index is 4.43. The van der Waals surface area contributed by atoms with Crippen LogP contribution in [0.1, 0.15) is 0 Å². The monoisotopic (exact) mass is 240 g/mol. The molecule has 0 amide bonds. The summed E-state index contributed by atoms with van der Waals surface area (Å²) in [5.74, 6) is 2.20. The first kappa shape index (κ1) is 10.2. The number of nitrogens with one attached hydrogen (secondary N) is 1. The van der Waals surface area contributed by atoms with E-state index in [1.807, 2.05) is 30.3 Å². The number of hydrogen-bond acceptors (Lipinski definition) is 2. The zero-order valence-corrected chi connectivity index (χ0v) is 10.0. The Morgan fingerprint density at radius 1 is 1.24 bits per heavy atom. The van der Waals surface area contributed by atoms with Gasteiger partial charge in [-0.1, -0.05) is 30.3 Å². The summed E-state index contributed by atoms with van der Waals surface area (Å²) >= 11 is 0. The van der Waals surface area contributed by atoms with E-state index in [2.05, 4.69) is 32.4 Å². The number of fused-ring (bicyclic) bond motifs is 1. The van der Waals surface area contributed by atoms with Crippen LogP contribution < -0.4 is 10.6 Å². The average Bonchev–Trinajstić information content (AvgIpc) is 2.90. The van der Waals surface area contributed by atoms with Gasteiger partial charge in [0.1, 0.15) is 10.2 Å². The molecule has 0 atom stereocenters. The van der Waals surface area contributed by atoms with Gasteiger partial charge in [0.15, 0.2) is 5.82 Å². The normalized spacial score (nSPS) is 11.2. The summed E-state index contributed by atoms with van der Waals surface area (Å²) in [6.45, 7) is 0. The van der Waals surface area contributed by atoms with Crippen molar-refractivity contribution >= 4 is 27.2 Å². The summed E-state index contributed by atoms with van der Waals surface area (Å²) in [7, 11) is 7.21. The third-order valence-electron chi connectivity index (χ3n) is 2.56. The molecule has 0 bridgehead atoms. The lowest BCUT2D eigenvalue weighted by Crippen LogP contribution is -2.72. The van der Waals surface area contributed by atoms with Crippen molar-refractivity contribution in [3.8, 4) is 11.4 Å². The third-order valence-corrected chi connectivity index (χ3v) is 3.04. The fourth-order valence-electron chi connectivity index (χ4n) is 1.70. The minimum atomic E-state index is 0.628. The van der Waals surface area contributed by atoms with Crippen LogP contribution in [-0.4, -0.2) is 29.8 Å². The van der Waals surface area contributed by atoms with Gasteiger partial charge in [0.25, 0.3) is 5.78 Å². The van der Waals surface area contributed by atoms with E-state index in [-0.39, 0.29) is 0 Å². The molecule has 3 rings (SSSR count). The second kappa shape index (κ2) is 3.83. The number of nitrogens with zero attached hydrogens (tertiary/aromatic N) is 3. The van der Waals surface area contributed by atoms with Crippen LogP contribution in [0.4, 0.5) is 5.82 Å². The van der Waals surface area contributed by atoms with Gasteiger partial charge in [-0.25, -0.2) is 4.52 Å². The molecular formula is C11H10N5Si. The lowest BCUT2D eigenvalue weighted by Gasteiger charge is -1.96. The highest BCUT2D eigenvalue weighted by Crippen LogP contribution is 2.14. The van der Waals surface area contributed by atoms with E-state index in [0.29, 0.717) is 5.78 Å². The molecule has 0 fully saturated rings. The van der Waals surface area contributed by atoms with Gasteiger partial charge in [0, 0.05) is 5.56 Å². The van der Waals surface area contributed by atoms with Crippen molar-refractivity contribution in [1.82, 2.24) is 19.6 Å². The van der Waals surface area contributed by atoms with Crippen molar-refractivity contribution in [2.75, 3.05) is 0 Å². The Hall–Kier alpha value is -1.92. The van der Waals surface area contributed by atoms with Gasteiger partial charge < -0.3 is 5.32 Å². The quantitative estimate of drug-likeness (QED) is 0.469. The van der Waals surface area contributed by atoms with Gasteiger partial charge in [0.2, 0.25) is 5.82 Å². The lowest BCUT2D eigenvalue weighted by atomic mass is 10.2. The summed E-state index contributed by atoms with van der Waals surface area (Å²) in [4.78, 5) is 8.76. The van der Waals surface area contributed by atoms with Crippen LogP contribution >= 0.6 is 0 Å². The summed E-state index contributed by atoms with van der Waals surface area (Å²) in [6.07, 6.45) is 0. The highest BCUT2D eigenvalue weighted by molar-refractivity contribution is 6.33. The first-order valence-corrected chi connectivity index (χ1v) is 5.67. The predicted octanol–water partition coefficient (Wildman–Crippen LogP) is -0.495.